The first-order chi connectivity index (χ1) is 19.6. The van der Waals surface area contributed by atoms with E-state index in [2.05, 4.69) is 17.7 Å². The molecule has 0 unspecified atom stereocenters. The Morgan fingerprint density at radius 3 is 2.22 bits per heavy atom. The lowest BCUT2D eigenvalue weighted by Crippen LogP contribution is -2.44. The average molecular weight is 580 g/mol. The van der Waals surface area contributed by atoms with Crippen molar-refractivity contribution in [3.05, 3.63) is 83.6 Å². The lowest BCUT2D eigenvalue weighted by molar-refractivity contribution is -0.143. The summed E-state index contributed by atoms with van der Waals surface area (Å²) in [6.07, 6.45) is 1.87. The summed E-state index contributed by atoms with van der Waals surface area (Å²) in [5.41, 5.74) is 4.94. The number of ether oxygens (including phenoxy) is 3. The molecule has 3 aromatic carbocycles. The van der Waals surface area contributed by atoms with Crippen molar-refractivity contribution in [2.75, 3.05) is 20.8 Å². The first-order valence-electron chi connectivity index (χ1n) is 13.6. The number of methoxy groups -OCH3 is 2. The maximum atomic E-state index is 12.9. The molecule has 4 aromatic rings. The van der Waals surface area contributed by atoms with Gasteiger partial charge in [0.1, 0.15) is 29.7 Å². The highest BCUT2D eigenvalue weighted by atomic mass is 32.2. The highest BCUT2D eigenvalue weighted by Gasteiger charge is 2.29. The van der Waals surface area contributed by atoms with Gasteiger partial charge in [0.05, 0.1) is 12.0 Å². The molecule has 0 aliphatic carbocycles. The number of benzene rings is 3. The number of sulfonamides is 1. The summed E-state index contributed by atoms with van der Waals surface area (Å²) in [6.45, 7) is 6.58. The fourth-order valence-electron chi connectivity index (χ4n) is 4.73. The molecule has 1 heterocycles. The minimum absolute atomic E-state index is 0.0683. The Kier molecular flexibility index (Phi) is 9.86. The van der Waals surface area contributed by atoms with E-state index in [4.69, 9.17) is 18.6 Å². The van der Waals surface area contributed by atoms with Gasteiger partial charge in [-0.3, -0.25) is 4.79 Å². The van der Waals surface area contributed by atoms with Gasteiger partial charge in [0, 0.05) is 24.7 Å². The highest BCUT2D eigenvalue weighted by molar-refractivity contribution is 7.89. The van der Waals surface area contributed by atoms with Gasteiger partial charge in [-0.25, -0.2) is 8.42 Å². The second kappa shape index (κ2) is 13.3. The Bertz CT molecular complexity index is 1570. The minimum atomic E-state index is -3.91. The Hall–Kier alpha value is -3.66. The fourth-order valence-corrected chi connectivity index (χ4v) is 6.06. The van der Waals surface area contributed by atoms with E-state index in [1.165, 1.54) is 24.8 Å². The Labute approximate surface area is 241 Å². The topological polar surface area (TPSA) is 104 Å². The van der Waals surface area contributed by atoms with Crippen LogP contribution in [0.2, 0.25) is 0 Å². The van der Waals surface area contributed by atoms with Gasteiger partial charge in [-0.05, 0) is 72.7 Å². The summed E-state index contributed by atoms with van der Waals surface area (Å²) in [7, 11) is -0.959. The summed E-state index contributed by atoms with van der Waals surface area (Å²) < 4.78 is 50.3. The Balaban J connectivity index is 1.42. The summed E-state index contributed by atoms with van der Waals surface area (Å²) in [4.78, 5) is 12.1. The van der Waals surface area contributed by atoms with Crippen LogP contribution < -0.4 is 9.46 Å². The van der Waals surface area contributed by atoms with Crippen molar-refractivity contribution < 1.29 is 31.8 Å². The van der Waals surface area contributed by atoms with Crippen LogP contribution in [0.25, 0.3) is 22.1 Å². The summed E-state index contributed by atoms with van der Waals surface area (Å²) in [5.74, 6) is 0.595. The van der Waals surface area contributed by atoms with Crippen molar-refractivity contribution in [3.8, 4) is 16.9 Å². The Morgan fingerprint density at radius 2 is 1.61 bits per heavy atom. The number of aryl methyl sites for hydroxylation is 2. The van der Waals surface area contributed by atoms with Crippen LogP contribution in [0.1, 0.15) is 37.2 Å². The zero-order valence-electron chi connectivity index (χ0n) is 24.1. The Morgan fingerprint density at radius 1 is 0.951 bits per heavy atom. The predicted molar refractivity (Wildman–Crippen MR) is 158 cm³/mol. The third-order valence-corrected chi connectivity index (χ3v) is 8.52. The monoisotopic (exact) mass is 579 g/mol. The van der Waals surface area contributed by atoms with Crippen LogP contribution in [0, 0.1) is 12.8 Å². The molecule has 0 spiro atoms. The number of carbonyl (C=O) groups is 1. The smallest absolute Gasteiger partial charge is 0.324 e. The van der Waals surface area contributed by atoms with Crippen molar-refractivity contribution in [1.29, 1.82) is 0 Å². The molecular formula is C32H37NO7S. The van der Waals surface area contributed by atoms with Crippen molar-refractivity contribution in [1.82, 2.24) is 4.72 Å². The average Bonchev–Trinajstić information content (AvgIpc) is 3.30. The van der Waals surface area contributed by atoms with Gasteiger partial charge in [-0.15, -0.1) is 0 Å². The first-order valence-corrected chi connectivity index (χ1v) is 15.0. The molecule has 0 saturated carbocycles. The van der Waals surface area contributed by atoms with E-state index in [1.807, 2.05) is 36.4 Å². The van der Waals surface area contributed by atoms with E-state index in [1.54, 1.807) is 33.1 Å². The van der Waals surface area contributed by atoms with Crippen molar-refractivity contribution in [2.45, 2.75) is 51.2 Å². The number of rotatable bonds is 13. The van der Waals surface area contributed by atoms with Crippen molar-refractivity contribution in [3.63, 3.8) is 0 Å². The van der Waals surface area contributed by atoms with E-state index in [9.17, 15) is 13.2 Å². The van der Waals surface area contributed by atoms with Gasteiger partial charge in [-0.2, -0.15) is 4.72 Å². The highest BCUT2D eigenvalue weighted by Crippen LogP contribution is 2.31. The SMILES string of the molecule is COCCCc1cccc2oc(COc3ccc(-c4ccc(S(=O)(=O)N[C@H](C(=O)OC)C(C)C)cc4)cc3)c(C)c12. The molecular weight excluding hydrogens is 542 g/mol. The number of furan rings is 1. The van der Waals surface area contributed by atoms with E-state index in [0.717, 1.165) is 52.9 Å². The standard InChI is InChI=1S/C32H37NO7S/c1-21(2)31(32(34)38-5)33-41(35,36)27-17-13-24(14-18-27)23-11-15-26(16-12-23)39-20-29-22(3)30-25(9-7-19-37-4)8-6-10-28(30)40-29/h6,8,10-18,21,31,33H,7,9,19-20H2,1-5H3/t31-/m0/s1. The zero-order valence-corrected chi connectivity index (χ0v) is 24.9. The number of nitrogens with one attached hydrogen (secondary N) is 1. The molecule has 9 heteroatoms. The first kappa shape index (κ1) is 30.3. The lowest BCUT2D eigenvalue weighted by atomic mass is 10.0. The molecule has 1 atom stereocenters. The number of hydrogen-bond donors (Lipinski definition) is 1. The predicted octanol–water partition coefficient (Wildman–Crippen LogP) is 6.04. The van der Waals surface area contributed by atoms with Crippen molar-refractivity contribution in [2.24, 2.45) is 5.92 Å². The van der Waals surface area contributed by atoms with E-state index >= 15 is 0 Å². The van der Waals surface area contributed by atoms with Crippen LogP contribution in [-0.4, -0.2) is 41.3 Å². The number of fused-ring (bicyclic) bond motifs is 1. The van der Waals surface area contributed by atoms with Crippen LogP contribution >= 0.6 is 0 Å². The normalized spacial score (nSPS) is 12.5. The van der Waals surface area contributed by atoms with E-state index < -0.39 is 22.0 Å². The maximum Gasteiger partial charge on any atom is 0.324 e. The largest absolute Gasteiger partial charge is 0.486 e. The number of esters is 1. The molecule has 41 heavy (non-hydrogen) atoms. The third-order valence-electron chi connectivity index (χ3n) is 7.06. The van der Waals surface area contributed by atoms with Crippen LogP contribution in [-0.2, 0) is 37.3 Å². The van der Waals surface area contributed by atoms with Crippen molar-refractivity contribution >= 4 is 27.0 Å². The molecule has 1 N–H and O–H groups in total. The molecule has 0 aliphatic heterocycles. The molecule has 0 saturated heterocycles. The molecule has 0 bridgehead atoms. The summed E-state index contributed by atoms with van der Waals surface area (Å²) in [5, 5.41) is 1.14. The van der Waals surface area contributed by atoms with E-state index in [-0.39, 0.29) is 10.8 Å². The van der Waals surface area contributed by atoms with Crippen LogP contribution in [0.4, 0.5) is 0 Å². The van der Waals surface area contributed by atoms with Gasteiger partial charge in [0.25, 0.3) is 0 Å². The summed E-state index contributed by atoms with van der Waals surface area (Å²) >= 11 is 0. The van der Waals surface area contributed by atoms with Gasteiger partial charge < -0.3 is 18.6 Å². The molecule has 0 amide bonds. The third kappa shape index (κ3) is 7.16. The van der Waals surface area contributed by atoms with Crippen LogP contribution in [0.5, 0.6) is 5.75 Å². The molecule has 0 fully saturated rings. The second-order valence-corrected chi connectivity index (χ2v) is 12.0. The van der Waals surface area contributed by atoms with Crippen LogP contribution in [0.3, 0.4) is 0 Å². The van der Waals surface area contributed by atoms with Gasteiger partial charge in [0.2, 0.25) is 10.0 Å². The quantitative estimate of drug-likeness (QED) is 0.152. The molecule has 218 valence electrons. The summed E-state index contributed by atoms with van der Waals surface area (Å²) in [6, 6.07) is 19.2. The van der Waals surface area contributed by atoms with Crippen LogP contribution in [0.15, 0.2) is 76.0 Å². The number of hydrogen-bond acceptors (Lipinski definition) is 7. The van der Waals surface area contributed by atoms with E-state index in [0.29, 0.717) is 12.4 Å². The lowest BCUT2D eigenvalue weighted by Gasteiger charge is -2.19. The number of carbonyl (C=O) groups excluding carboxylic acids is 1. The zero-order chi connectivity index (χ0) is 29.6. The molecule has 1 aromatic heterocycles. The maximum absolute atomic E-state index is 12.9. The van der Waals surface area contributed by atoms with Gasteiger partial charge >= 0.3 is 5.97 Å². The molecule has 0 radical (unpaired) electrons. The molecule has 8 nitrogen and oxygen atoms in total. The molecule has 4 rings (SSSR count). The second-order valence-electron chi connectivity index (χ2n) is 10.2. The van der Waals surface area contributed by atoms with Gasteiger partial charge in [0.15, 0.2) is 0 Å². The fraction of sp³-hybridized carbons (Fsp3) is 0.344. The van der Waals surface area contributed by atoms with Gasteiger partial charge in [-0.1, -0.05) is 50.2 Å². The minimum Gasteiger partial charge on any atom is -0.486 e. The molecule has 0 aliphatic rings.